The molecule has 0 amide bonds. The zero-order chi connectivity index (χ0) is 16.4. The van der Waals surface area contributed by atoms with Gasteiger partial charge in [0, 0.05) is 25.2 Å². The molecular weight excluding hydrogens is 292 g/mol. The molecule has 1 aliphatic heterocycles. The Labute approximate surface area is 136 Å². The maximum Gasteiger partial charge on any atom is 0.303 e. The molecule has 1 saturated heterocycles. The van der Waals surface area contributed by atoms with Gasteiger partial charge in [-0.1, -0.05) is 37.3 Å². The zero-order valence-corrected chi connectivity index (χ0v) is 13.3. The Kier molecular flexibility index (Phi) is 4.35. The van der Waals surface area contributed by atoms with Crippen LogP contribution in [0.4, 0.5) is 0 Å². The molecule has 1 aliphatic carbocycles. The molecule has 122 valence electrons. The smallest absolute Gasteiger partial charge is 0.303 e. The minimum atomic E-state index is -0.796. The van der Waals surface area contributed by atoms with E-state index in [0.717, 1.165) is 6.42 Å². The first-order valence-electron chi connectivity index (χ1n) is 8.12. The van der Waals surface area contributed by atoms with Gasteiger partial charge in [0.15, 0.2) is 5.78 Å². The van der Waals surface area contributed by atoms with Gasteiger partial charge in [-0.15, -0.1) is 0 Å². The van der Waals surface area contributed by atoms with Gasteiger partial charge in [-0.3, -0.25) is 9.59 Å². The van der Waals surface area contributed by atoms with Crippen molar-refractivity contribution < 1.29 is 19.4 Å². The molecule has 2 aliphatic rings. The average molecular weight is 314 g/mol. The fourth-order valence-corrected chi connectivity index (χ4v) is 4.00. The zero-order valence-electron chi connectivity index (χ0n) is 13.3. The lowest BCUT2D eigenvalue weighted by Gasteiger charge is -2.36. The average Bonchev–Trinajstić information content (AvgIpc) is 2.86. The van der Waals surface area contributed by atoms with Crippen LogP contribution < -0.4 is 0 Å². The first kappa shape index (κ1) is 15.9. The topological polar surface area (TPSA) is 63.6 Å². The summed E-state index contributed by atoms with van der Waals surface area (Å²) in [5.74, 6) is -0.542. The number of fused-ring (bicyclic) bond motifs is 1. The number of carboxylic acids is 1. The number of ketones is 1. The van der Waals surface area contributed by atoms with Crippen LogP contribution in [0.3, 0.4) is 0 Å². The molecule has 4 heteroatoms. The molecule has 0 bridgehead atoms. The summed E-state index contributed by atoms with van der Waals surface area (Å²) < 4.78 is 6.18. The van der Waals surface area contributed by atoms with Crippen LogP contribution in [0.15, 0.2) is 42.5 Å². The lowest BCUT2D eigenvalue weighted by molar-refractivity contribution is -0.138. The van der Waals surface area contributed by atoms with E-state index in [4.69, 9.17) is 9.84 Å². The second kappa shape index (κ2) is 6.28. The van der Waals surface area contributed by atoms with Gasteiger partial charge in [0.25, 0.3) is 0 Å². The van der Waals surface area contributed by atoms with E-state index in [2.05, 4.69) is 12.1 Å². The van der Waals surface area contributed by atoms with Gasteiger partial charge < -0.3 is 9.84 Å². The Hall–Kier alpha value is -1.94. The number of aliphatic carboxylic acids is 1. The van der Waals surface area contributed by atoms with E-state index < -0.39 is 11.6 Å². The summed E-state index contributed by atoms with van der Waals surface area (Å²) in [4.78, 5) is 23.0. The second-order valence-corrected chi connectivity index (χ2v) is 6.78. The fourth-order valence-electron chi connectivity index (χ4n) is 4.00. The summed E-state index contributed by atoms with van der Waals surface area (Å²) in [5, 5.41) is 9.07. The standard InChI is InChI=1S/C19H22O4/c1-13(9-18(21)22)16-12-23-19(8-7-15(20)10-17(16)19)11-14-5-3-2-4-6-14/h2-8,13,16-17H,9-12H2,1H3,(H,21,22). The molecule has 1 aromatic carbocycles. The predicted octanol–water partition coefficient (Wildman–Crippen LogP) is 2.87. The monoisotopic (exact) mass is 314 g/mol. The number of carboxylic acid groups (broad SMARTS) is 1. The van der Waals surface area contributed by atoms with E-state index in [1.807, 2.05) is 31.2 Å². The van der Waals surface area contributed by atoms with Crippen molar-refractivity contribution in [2.75, 3.05) is 6.61 Å². The number of carbonyl (C=O) groups excluding carboxylic acids is 1. The minimum absolute atomic E-state index is 0.00514. The third-order valence-electron chi connectivity index (χ3n) is 5.21. The Morgan fingerprint density at radius 1 is 1.39 bits per heavy atom. The minimum Gasteiger partial charge on any atom is -0.481 e. The summed E-state index contributed by atoms with van der Waals surface area (Å²) in [5.41, 5.74) is 0.690. The Bertz CT molecular complexity index is 622. The molecule has 1 fully saturated rings. The number of carbonyl (C=O) groups is 2. The maximum absolute atomic E-state index is 11.9. The van der Waals surface area contributed by atoms with Crippen molar-refractivity contribution in [1.82, 2.24) is 0 Å². The molecule has 0 spiro atoms. The van der Waals surface area contributed by atoms with Crippen LogP contribution in [0.25, 0.3) is 0 Å². The number of allylic oxidation sites excluding steroid dienone is 1. The normalized spacial score (nSPS) is 30.9. The van der Waals surface area contributed by atoms with Gasteiger partial charge in [-0.2, -0.15) is 0 Å². The summed E-state index contributed by atoms with van der Waals surface area (Å²) in [6.45, 7) is 2.47. The van der Waals surface area contributed by atoms with Gasteiger partial charge in [0.2, 0.25) is 0 Å². The van der Waals surface area contributed by atoms with Crippen molar-refractivity contribution in [2.24, 2.45) is 17.8 Å². The van der Waals surface area contributed by atoms with E-state index in [-0.39, 0.29) is 30.0 Å². The van der Waals surface area contributed by atoms with Crippen molar-refractivity contribution in [3.8, 4) is 0 Å². The van der Waals surface area contributed by atoms with E-state index in [1.165, 1.54) is 5.56 Å². The molecule has 4 unspecified atom stereocenters. The molecule has 4 atom stereocenters. The number of ether oxygens (including phenoxy) is 1. The molecule has 4 nitrogen and oxygen atoms in total. The number of hydrogen-bond acceptors (Lipinski definition) is 3. The molecule has 1 N–H and O–H groups in total. The van der Waals surface area contributed by atoms with E-state index in [1.54, 1.807) is 6.08 Å². The van der Waals surface area contributed by atoms with Crippen molar-refractivity contribution in [2.45, 2.75) is 31.8 Å². The molecule has 1 heterocycles. The number of hydrogen-bond donors (Lipinski definition) is 1. The lowest BCUT2D eigenvalue weighted by Crippen LogP contribution is -2.42. The molecule has 0 radical (unpaired) electrons. The van der Waals surface area contributed by atoms with Gasteiger partial charge in [0.05, 0.1) is 12.2 Å². The molecule has 1 aromatic rings. The molecule has 23 heavy (non-hydrogen) atoms. The summed E-state index contributed by atoms with van der Waals surface area (Å²) in [6.07, 6.45) is 4.81. The largest absolute Gasteiger partial charge is 0.481 e. The highest BCUT2D eigenvalue weighted by molar-refractivity contribution is 5.91. The Balaban J connectivity index is 1.86. The van der Waals surface area contributed by atoms with Crippen LogP contribution in [0.5, 0.6) is 0 Å². The van der Waals surface area contributed by atoms with Crippen molar-refractivity contribution in [3.63, 3.8) is 0 Å². The Morgan fingerprint density at radius 3 is 2.83 bits per heavy atom. The van der Waals surface area contributed by atoms with Crippen molar-refractivity contribution in [3.05, 3.63) is 48.0 Å². The quantitative estimate of drug-likeness (QED) is 0.907. The van der Waals surface area contributed by atoms with Crippen LogP contribution in [-0.4, -0.2) is 29.1 Å². The summed E-state index contributed by atoms with van der Waals surface area (Å²) in [7, 11) is 0. The van der Waals surface area contributed by atoms with Gasteiger partial charge >= 0.3 is 5.97 Å². The summed E-state index contributed by atoms with van der Waals surface area (Å²) >= 11 is 0. The molecular formula is C19H22O4. The first-order valence-corrected chi connectivity index (χ1v) is 8.12. The van der Waals surface area contributed by atoms with E-state index in [9.17, 15) is 9.59 Å². The highest BCUT2D eigenvalue weighted by atomic mass is 16.5. The van der Waals surface area contributed by atoms with E-state index >= 15 is 0 Å². The Morgan fingerprint density at radius 2 is 2.13 bits per heavy atom. The third kappa shape index (κ3) is 3.22. The third-order valence-corrected chi connectivity index (χ3v) is 5.21. The fraction of sp³-hybridized carbons (Fsp3) is 0.474. The van der Waals surface area contributed by atoms with Crippen molar-refractivity contribution >= 4 is 11.8 Å². The van der Waals surface area contributed by atoms with Gasteiger partial charge in [0.1, 0.15) is 0 Å². The molecule has 0 aromatic heterocycles. The van der Waals surface area contributed by atoms with Crippen LogP contribution in [0.1, 0.15) is 25.3 Å². The first-order chi connectivity index (χ1) is 11.0. The van der Waals surface area contributed by atoms with Crippen LogP contribution in [-0.2, 0) is 20.7 Å². The van der Waals surface area contributed by atoms with Crippen LogP contribution in [0.2, 0.25) is 0 Å². The lowest BCUT2D eigenvalue weighted by atomic mass is 9.68. The van der Waals surface area contributed by atoms with E-state index in [0.29, 0.717) is 13.0 Å². The van der Waals surface area contributed by atoms with Crippen LogP contribution in [0, 0.1) is 17.8 Å². The van der Waals surface area contributed by atoms with Crippen molar-refractivity contribution in [1.29, 1.82) is 0 Å². The molecule has 3 rings (SSSR count). The number of benzene rings is 1. The summed E-state index contributed by atoms with van der Waals surface area (Å²) in [6, 6.07) is 10.1. The van der Waals surface area contributed by atoms with Gasteiger partial charge in [-0.05, 0) is 29.6 Å². The number of rotatable bonds is 5. The highest BCUT2D eigenvalue weighted by Crippen LogP contribution is 2.47. The maximum atomic E-state index is 11.9. The predicted molar refractivity (Wildman–Crippen MR) is 86.0 cm³/mol. The molecule has 0 saturated carbocycles. The second-order valence-electron chi connectivity index (χ2n) is 6.78. The SMILES string of the molecule is CC(CC(=O)O)C1COC2(Cc3ccccc3)C=CC(=O)CC12. The highest BCUT2D eigenvalue weighted by Gasteiger charge is 2.51. The van der Waals surface area contributed by atoms with Crippen LogP contribution >= 0.6 is 0 Å². The van der Waals surface area contributed by atoms with Gasteiger partial charge in [-0.25, -0.2) is 0 Å².